The van der Waals surface area contributed by atoms with Gasteiger partial charge in [0, 0.05) is 23.2 Å². The molecule has 0 aliphatic carbocycles. The molecule has 0 bridgehead atoms. The van der Waals surface area contributed by atoms with Crippen LogP contribution in [0.3, 0.4) is 0 Å². The van der Waals surface area contributed by atoms with E-state index in [1.165, 1.54) is 11.1 Å². The minimum atomic E-state index is 0.796. The first-order valence-electron chi connectivity index (χ1n) is 5.54. The van der Waals surface area contributed by atoms with Crippen LogP contribution in [0.1, 0.15) is 11.1 Å². The summed E-state index contributed by atoms with van der Waals surface area (Å²) < 4.78 is 1.09. The van der Waals surface area contributed by atoms with E-state index in [2.05, 4.69) is 33.4 Å². The lowest BCUT2D eigenvalue weighted by molar-refractivity contribution is 0.692. The highest BCUT2D eigenvalue weighted by atomic mass is 79.9. The number of nitrogens with two attached hydrogens (primary N) is 1. The van der Waals surface area contributed by atoms with Crippen LogP contribution in [0.15, 0.2) is 53.0 Å². The van der Waals surface area contributed by atoms with Crippen molar-refractivity contribution in [1.29, 1.82) is 0 Å². The van der Waals surface area contributed by atoms with Crippen molar-refractivity contribution in [3.05, 3.63) is 64.1 Å². The van der Waals surface area contributed by atoms with Crippen molar-refractivity contribution < 1.29 is 0 Å². The van der Waals surface area contributed by atoms with Gasteiger partial charge in [0.2, 0.25) is 0 Å². The summed E-state index contributed by atoms with van der Waals surface area (Å²) in [4.78, 5) is 0. The molecule has 3 heteroatoms. The fourth-order valence-electron chi connectivity index (χ4n) is 1.67. The molecular formula is C14H15BrN2. The Kier molecular flexibility index (Phi) is 4.18. The Bertz CT molecular complexity index is 483. The maximum Gasteiger partial charge on any atom is 0.0318 e. The Hall–Kier alpha value is -1.32. The number of rotatable bonds is 4. The van der Waals surface area contributed by atoms with Gasteiger partial charge < -0.3 is 11.1 Å². The quantitative estimate of drug-likeness (QED) is 0.848. The maximum absolute atomic E-state index is 5.76. The number of hydrogen-bond acceptors (Lipinski definition) is 2. The molecule has 0 saturated heterocycles. The Morgan fingerprint density at radius 1 is 1.00 bits per heavy atom. The van der Waals surface area contributed by atoms with Gasteiger partial charge in [0.25, 0.3) is 0 Å². The molecule has 0 atom stereocenters. The lowest BCUT2D eigenvalue weighted by Gasteiger charge is -2.08. The molecule has 0 aromatic heterocycles. The third kappa shape index (κ3) is 3.58. The number of nitrogen functional groups attached to an aromatic ring is 1. The summed E-state index contributed by atoms with van der Waals surface area (Å²) in [5.41, 5.74) is 9.02. The summed E-state index contributed by atoms with van der Waals surface area (Å²) >= 11 is 3.52. The number of nitrogens with one attached hydrogen (secondary N) is 1. The second-order valence-electron chi connectivity index (χ2n) is 3.94. The molecule has 0 amide bonds. The lowest BCUT2D eigenvalue weighted by Crippen LogP contribution is -2.13. The normalized spacial score (nSPS) is 10.4. The molecule has 0 heterocycles. The first kappa shape index (κ1) is 12.1. The average molecular weight is 291 g/mol. The van der Waals surface area contributed by atoms with Gasteiger partial charge in [-0.05, 0) is 29.3 Å². The summed E-state index contributed by atoms with van der Waals surface area (Å²) in [6.45, 7) is 1.67. The van der Waals surface area contributed by atoms with Crippen LogP contribution in [0.2, 0.25) is 0 Å². The molecular weight excluding hydrogens is 276 g/mol. The average Bonchev–Trinajstić information content (AvgIpc) is 2.35. The summed E-state index contributed by atoms with van der Waals surface area (Å²) in [7, 11) is 0. The van der Waals surface area contributed by atoms with Crippen LogP contribution in [-0.4, -0.2) is 0 Å². The Morgan fingerprint density at radius 2 is 1.76 bits per heavy atom. The molecule has 0 radical (unpaired) electrons. The molecule has 88 valence electrons. The van der Waals surface area contributed by atoms with Gasteiger partial charge in [-0.25, -0.2) is 0 Å². The molecule has 17 heavy (non-hydrogen) atoms. The van der Waals surface area contributed by atoms with Crippen LogP contribution in [0.25, 0.3) is 0 Å². The molecule has 2 aromatic rings. The third-order valence-corrected chi connectivity index (χ3v) is 3.33. The molecule has 0 fully saturated rings. The lowest BCUT2D eigenvalue weighted by atomic mass is 10.2. The minimum Gasteiger partial charge on any atom is -0.399 e. The molecule has 0 spiro atoms. The second kappa shape index (κ2) is 5.84. The molecule has 2 nitrogen and oxygen atoms in total. The summed E-state index contributed by atoms with van der Waals surface area (Å²) in [5.74, 6) is 0. The molecule has 3 N–H and O–H groups in total. The van der Waals surface area contributed by atoms with Gasteiger partial charge in [0.1, 0.15) is 0 Å². The predicted molar refractivity (Wildman–Crippen MR) is 75.5 cm³/mol. The van der Waals surface area contributed by atoms with Crippen molar-refractivity contribution in [3.63, 3.8) is 0 Å². The van der Waals surface area contributed by atoms with Gasteiger partial charge in [-0.15, -0.1) is 0 Å². The van der Waals surface area contributed by atoms with E-state index in [1.807, 2.05) is 36.4 Å². The van der Waals surface area contributed by atoms with Crippen molar-refractivity contribution in [2.24, 2.45) is 0 Å². The highest BCUT2D eigenvalue weighted by Gasteiger charge is 2.00. The number of benzene rings is 2. The van der Waals surface area contributed by atoms with Crippen LogP contribution in [-0.2, 0) is 13.1 Å². The van der Waals surface area contributed by atoms with Crippen molar-refractivity contribution >= 4 is 21.6 Å². The van der Waals surface area contributed by atoms with E-state index in [0.717, 1.165) is 23.2 Å². The number of halogens is 1. The van der Waals surface area contributed by atoms with Gasteiger partial charge in [0.05, 0.1) is 0 Å². The van der Waals surface area contributed by atoms with Crippen LogP contribution >= 0.6 is 15.9 Å². The fourth-order valence-corrected chi connectivity index (χ4v) is 2.05. The minimum absolute atomic E-state index is 0.796. The molecule has 0 saturated carbocycles. The van der Waals surface area contributed by atoms with Gasteiger partial charge in [-0.3, -0.25) is 0 Å². The maximum atomic E-state index is 5.76. The molecule has 0 aliphatic rings. The van der Waals surface area contributed by atoms with Crippen LogP contribution < -0.4 is 11.1 Å². The van der Waals surface area contributed by atoms with E-state index < -0.39 is 0 Å². The summed E-state index contributed by atoms with van der Waals surface area (Å²) in [5, 5.41) is 3.40. The van der Waals surface area contributed by atoms with Crippen molar-refractivity contribution in [2.45, 2.75) is 13.1 Å². The van der Waals surface area contributed by atoms with Crippen LogP contribution in [0, 0.1) is 0 Å². The SMILES string of the molecule is Nc1ccc(Br)c(CNCc2ccccc2)c1. The monoisotopic (exact) mass is 290 g/mol. The Labute approximate surface area is 110 Å². The van der Waals surface area contributed by atoms with E-state index in [-0.39, 0.29) is 0 Å². The number of anilines is 1. The van der Waals surface area contributed by atoms with Gasteiger partial charge >= 0.3 is 0 Å². The third-order valence-electron chi connectivity index (χ3n) is 2.56. The molecule has 2 rings (SSSR count). The fraction of sp³-hybridized carbons (Fsp3) is 0.143. The highest BCUT2D eigenvalue weighted by molar-refractivity contribution is 9.10. The molecule has 0 unspecified atom stereocenters. The van der Waals surface area contributed by atoms with E-state index in [9.17, 15) is 0 Å². The van der Waals surface area contributed by atoms with Crippen LogP contribution in [0.4, 0.5) is 5.69 Å². The highest BCUT2D eigenvalue weighted by Crippen LogP contribution is 2.19. The van der Waals surface area contributed by atoms with E-state index in [0.29, 0.717) is 0 Å². The van der Waals surface area contributed by atoms with Crippen LogP contribution in [0.5, 0.6) is 0 Å². The topological polar surface area (TPSA) is 38.0 Å². The number of hydrogen-bond donors (Lipinski definition) is 2. The van der Waals surface area contributed by atoms with Crippen molar-refractivity contribution in [2.75, 3.05) is 5.73 Å². The zero-order valence-corrected chi connectivity index (χ0v) is 11.1. The largest absolute Gasteiger partial charge is 0.399 e. The predicted octanol–water partition coefficient (Wildman–Crippen LogP) is 3.32. The van der Waals surface area contributed by atoms with Crippen molar-refractivity contribution in [3.8, 4) is 0 Å². The first-order chi connectivity index (χ1) is 8.25. The second-order valence-corrected chi connectivity index (χ2v) is 4.79. The van der Waals surface area contributed by atoms with Gasteiger partial charge in [0.15, 0.2) is 0 Å². The Morgan fingerprint density at radius 3 is 2.53 bits per heavy atom. The zero-order valence-electron chi connectivity index (χ0n) is 9.49. The summed E-state index contributed by atoms with van der Waals surface area (Å²) in [6.07, 6.45) is 0. The standard InChI is InChI=1S/C14H15BrN2/c15-14-7-6-13(16)8-12(14)10-17-9-11-4-2-1-3-5-11/h1-8,17H,9-10,16H2. The van der Waals surface area contributed by atoms with Crippen molar-refractivity contribution in [1.82, 2.24) is 5.32 Å². The zero-order chi connectivity index (χ0) is 12.1. The first-order valence-corrected chi connectivity index (χ1v) is 6.33. The molecule has 0 aliphatic heterocycles. The van der Waals surface area contributed by atoms with Gasteiger partial charge in [-0.2, -0.15) is 0 Å². The van der Waals surface area contributed by atoms with Gasteiger partial charge in [-0.1, -0.05) is 46.3 Å². The smallest absolute Gasteiger partial charge is 0.0318 e. The molecule has 2 aromatic carbocycles. The Balaban J connectivity index is 1.92. The van der Waals surface area contributed by atoms with E-state index in [4.69, 9.17) is 5.73 Å². The van der Waals surface area contributed by atoms with E-state index in [1.54, 1.807) is 0 Å². The summed E-state index contributed by atoms with van der Waals surface area (Å²) in [6, 6.07) is 16.2. The van der Waals surface area contributed by atoms with E-state index >= 15 is 0 Å².